The quantitative estimate of drug-likeness (QED) is 0.412. The van der Waals surface area contributed by atoms with Gasteiger partial charge in [-0.1, -0.05) is 37.3 Å². The van der Waals surface area contributed by atoms with Crippen LogP contribution in [0.25, 0.3) is 5.76 Å². The van der Waals surface area contributed by atoms with E-state index in [-0.39, 0.29) is 11.3 Å². The number of aliphatic hydroxyl groups excluding tert-OH is 1. The van der Waals surface area contributed by atoms with Crippen molar-refractivity contribution in [3.8, 4) is 5.75 Å². The first-order valence-corrected chi connectivity index (χ1v) is 10.1. The second-order valence-electron chi connectivity index (χ2n) is 7.58. The normalized spacial score (nSPS) is 18.3. The van der Waals surface area contributed by atoms with Crippen molar-refractivity contribution in [1.82, 2.24) is 9.80 Å². The van der Waals surface area contributed by atoms with E-state index in [2.05, 4.69) is 0 Å². The van der Waals surface area contributed by atoms with Gasteiger partial charge in [0, 0.05) is 18.7 Å². The SMILES string of the molecule is CCCOc1ccc(/C(O)=C2\C(=O)C(=O)N(CCN(C)C)[C@@H]2c2ccccc2)cc1. The molecule has 0 spiro atoms. The van der Waals surface area contributed by atoms with E-state index in [0.29, 0.717) is 31.0 Å². The van der Waals surface area contributed by atoms with Gasteiger partial charge in [-0.05, 0) is 50.3 Å². The Kier molecular flexibility index (Phi) is 6.90. The highest BCUT2D eigenvalue weighted by Gasteiger charge is 2.45. The van der Waals surface area contributed by atoms with E-state index in [1.807, 2.05) is 56.3 Å². The van der Waals surface area contributed by atoms with Gasteiger partial charge in [0.15, 0.2) is 0 Å². The Bertz CT molecular complexity index is 920. The molecule has 1 aliphatic heterocycles. The fourth-order valence-corrected chi connectivity index (χ4v) is 3.48. The van der Waals surface area contributed by atoms with Crippen molar-refractivity contribution < 1.29 is 19.4 Å². The lowest BCUT2D eigenvalue weighted by Gasteiger charge is -2.26. The second kappa shape index (κ2) is 9.59. The summed E-state index contributed by atoms with van der Waals surface area (Å²) in [4.78, 5) is 29.2. The zero-order valence-corrected chi connectivity index (χ0v) is 17.7. The van der Waals surface area contributed by atoms with Crippen LogP contribution >= 0.6 is 0 Å². The minimum absolute atomic E-state index is 0.118. The van der Waals surface area contributed by atoms with E-state index in [0.717, 1.165) is 12.0 Å². The molecule has 0 aliphatic carbocycles. The van der Waals surface area contributed by atoms with Gasteiger partial charge in [-0.15, -0.1) is 0 Å². The number of nitrogens with zero attached hydrogens (tertiary/aromatic N) is 2. The first-order valence-electron chi connectivity index (χ1n) is 10.1. The zero-order valence-electron chi connectivity index (χ0n) is 17.7. The van der Waals surface area contributed by atoms with Crippen molar-refractivity contribution >= 4 is 17.4 Å². The van der Waals surface area contributed by atoms with Gasteiger partial charge in [-0.2, -0.15) is 0 Å². The molecule has 3 rings (SSSR count). The summed E-state index contributed by atoms with van der Waals surface area (Å²) in [5.41, 5.74) is 1.39. The highest BCUT2D eigenvalue weighted by Crippen LogP contribution is 2.39. The van der Waals surface area contributed by atoms with Crippen LogP contribution < -0.4 is 4.74 Å². The lowest BCUT2D eigenvalue weighted by molar-refractivity contribution is -0.140. The topological polar surface area (TPSA) is 70.1 Å². The van der Waals surface area contributed by atoms with Crippen LogP contribution in [0.3, 0.4) is 0 Å². The molecule has 1 fully saturated rings. The molecular formula is C24H28N2O4. The van der Waals surface area contributed by atoms with E-state index < -0.39 is 17.7 Å². The summed E-state index contributed by atoms with van der Waals surface area (Å²) in [7, 11) is 3.83. The third kappa shape index (κ3) is 4.54. The molecule has 30 heavy (non-hydrogen) atoms. The number of hydrogen-bond donors (Lipinski definition) is 1. The number of ketones is 1. The molecular weight excluding hydrogens is 380 g/mol. The van der Waals surface area contributed by atoms with Gasteiger partial charge in [0.2, 0.25) is 0 Å². The Morgan fingerprint density at radius 3 is 2.33 bits per heavy atom. The third-order valence-corrected chi connectivity index (χ3v) is 5.04. The predicted octanol–water partition coefficient (Wildman–Crippen LogP) is 3.46. The summed E-state index contributed by atoms with van der Waals surface area (Å²) < 4.78 is 5.58. The average molecular weight is 408 g/mol. The van der Waals surface area contributed by atoms with Gasteiger partial charge in [0.05, 0.1) is 18.2 Å². The Balaban J connectivity index is 2.03. The number of rotatable bonds is 8. The lowest BCUT2D eigenvalue weighted by atomic mass is 9.95. The number of carbonyl (C=O) groups is 2. The molecule has 1 atom stereocenters. The van der Waals surface area contributed by atoms with Gasteiger partial charge in [-0.25, -0.2) is 0 Å². The second-order valence-corrected chi connectivity index (χ2v) is 7.58. The maximum absolute atomic E-state index is 12.9. The van der Waals surface area contributed by atoms with Gasteiger partial charge in [0.25, 0.3) is 11.7 Å². The van der Waals surface area contributed by atoms with Crippen LogP contribution in [0.1, 0.15) is 30.5 Å². The van der Waals surface area contributed by atoms with E-state index in [4.69, 9.17) is 4.74 Å². The Morgan fingerprint density at radius 1 is 1.07 bits per heavy atom. The number of Topliss-reactive ketones (excluding diaryl/α,β-unsaturated/α-hetero) is 1. The van der Waals surface area contributed by atoms with Crippen molar-refractivity contribution in [1.29, 1.82) is 0 Å². The van der Waals surface area contributed by atoms with E-state index in [1.165, 1.54) is 0 Å². The largest absolute Gasteiger partial charge is 0.507 e. The summed E-state index contributed by atoms with van der Waals surface area (Å²) >= 11 is 0. The van der Waals surface area contributed by atoms with Crippen LogP contribution in [0.15, 0.2) is 60.2 Å². The molecule has 6 heteroatoms. The Labute approximate surface area is 177 Å². The molecule has 0 bridgehead atoms. The monoisotopic (exact) mass is 408 g/mol. The lowest BCUT2D eigenvalue weighted by Crippen LogP contribution is -2.35. The van der Waals surface area contributed by atoms with Crippen LogP contribution in [0.5, 0.6) is 5.75 Å². The molecule has 0 unspecified atom stereocenters. The molecule has 1 aliphatic rings. The first kappa shape index (κ1) is 21.6. The van der Waals surface area contributed by atoms with Crippen LogP contribution in [0.2, 0.25) is 0 Å². The molecule has 2 aromatic carbocycles. The molecule has 0 saturated carbocycles. The molecule has 0 aromatic heterocycles. The van der Waals surface area contributed by atoms with Crippen molar-refractivity contribution in [3.63, 3.8) is 0 Å². The summed E-state index contributed by atoms with van der Waals surface area (Å²) in [6, 6.07) is 15.6. The Morgan fingerprint density at radius 2 is 1.73 bits per heavy atom. The molecule has 2 aromatic rings. The number of benzene rings is 2. The molecule has 1 heterocycles. The van der Waals surface area contributed by atoms with E-state index in [1.54, 1.807) is 29.2 Å². The smallest absolute Gasteiger partial charge is 0.295 e. The predicted molar refractivity (Wildman–Crippen MR) is 116 cm³/mol. The van der Waals surface area contributed by atoms with Gasteiger partial charge in [-0.3, -0.25) is 9.59 Å². The highest BCUT2D eigenvalue weighted by atomic mass is 16.5. The van der Waals surface area contributed by atoms with Crippen molar-refractivity contribution in [2.75, 3.05) is 33.8 Å². The van der Waals surface area contributed by atoms with Crippen LogP contribution in [-0.4, -0.2) is 60.4 Å². The average Bonchev–Trinajstić information content (AvgIpc) is 3.01. The van der Waals surface area contributed by atoms with Gasteiger partial charge >= 0.3 is 0 Å². The first-order chi connectivity index (χ1) is 14.4. The number of aliphatic hydroxyl groups is 1. The number of likely N-dealkylation sites (tertiary alicyclic amines) is 1. The minimum Gasteiger partial charge on any atom is -0.507 e. The van der Waals surface area contributed by atoms with Gasteiger partial charge in [0.1, 0.15) is 11.5 Å². The summed E-state index contributed by atoms with van der Waals surface area (Å²) in [5.74, 6) is -0.724. The van der Waals surface area contributed by atoms with Crippen LogP contribution in [0, 0.1) is 0 Å². The molecule has 0 radical (unpaired) electrons. The highest BCUT2D eigenvalue weighted by molar-refractivity contribution is 6.46. The van der Waals surface area contributed by atoms with Crippen molar-refractivity contribution in [2.24, 2.45) is 0 Å². The van der Waals surface area contributed by atoms with E-state index >= 15 is 0 Å². The van der Waals surface area contributed by atoms with Gasteiger partial charge < -0.3 is 19.6 Å². The van der Waals surface area contributed by atoms with Crippen LogP contribution in [-0.2, 0) is 9.59 Å². The zero-order chi connectivity index (χ0) is 21.7. The number of amides is 1. The fraction of sp³-hybridized carbons (Fsp3) is 0.333. The molecule has 1 amide bonds. The standard InChI is InChI=1S/C24H28N2O4/c1-4-16-30-19-12-10-18(11-13-19)22(27)20-21(17-8-6-5-7-9-17)26(15-14-25(2)3)24(29)23(20)28/h5-13,21,27H,4,14-16H2,1-3H3/b22-20+/t21-/m1/s1. The summed E-state index contributed by atoms with van der Waals surface area (Å²) in [6.45, 7) is 3.63. The Hall–Kier alpha value is -3.12. The summed E-state index contributed by atoms with van der Waals surface area (Å²) in [6.07, 6.45) is 0.898. The molecule has 158 valence electrons. The maximum atomic E-state index is 12.9. The van der Waals surface area contributed by atoms with E-state index in [9.17, 15) is 14.7 Å². The van der Waals surface area contributed by atoms with Crippen molar-refractivity contribution in [2.45, 2.75) is 19.4 Å². The number of carbonyl (C=O) groups excluding carboxylic acids is 2. The summed E-state index contributed by atoms with van der Waals surface area (Å²) in [5, 5.41) is 11.0. The molecule has 1 saturated heterocycles. The minimum atomic E-state index is -0.661. The number of hydrogen-bond acceptors (Lipinski definition) is 5. The number of ether oxygens (including phenoxy) is 1. The molecule has 1 N–H and O–H groups in total. The fourth-order valence-electron chi connectivity index (χ4n) is 3.48. The van der Waals surface area contributed by atoms with Crippen molar-refractivity contribution in [3.05, 3.63) is 71.3 Å². The van der Waals surface area contributed by atoms with Crippen LogP contribution in [0.4, 0.5) is 0 Å². The maximum Gasteiger partial charge on any atom is 0.295 e. The molecule has 6 nitrogen and oxygen atoms in total. The number of likely N-dealkylation sites (N-methyl/N-ethyl adjacent to an activating group) is 1. The third-order valence-electron chi connectivity index (χ3n) is 5.04.